The molecule has 0 aliphatic heterocycles. The summed E-state index contributed by atoms with van der Waals surface area (Å²) in [6.45, 7) is 6.67. The topological polar surface area (TPSA) is 108 Å². The standard InChI is InChI=1S/C24H28N4O4/c1-14-20-17(11-24(2,3)12-18(20)29)26-21(14)23(31)28(9-10-32-4)13-19-25-16-8-6-5-7-15(16)22(30)27-19/h5-8,26H,9-13H2,1-4H3,(H,25,27,30). The summed E-state index contributed by atoms with van der Waals surface area (Å²) in [5.74, 6) is 0.202. The largest absolute Gasteiger partial charge is 0.383 e. The molecule has 2 aromatic heterocycles. The maximum absolute atomic E-state index is 13.5. The number of hydrogen-bond donors (Lipinski definition) is 2. The van der Waals surface area contributed by atoms with Crippen LogP contribution < -0.4 is 5.56 Å². The molecule has 4 rings (SSSR count). The molecule has 1 amide bonds. The number of nitrogens with one attached hydrogen (secondary N) is 2. The van der Waals surface area contributed by atoms with E-state index < -0.39 is 0 Å². The van der Waals surface area contributed by atoms with Gasteiger partial charge in [0.1, 0.15) is 11.5 Å². The number of aromatic nitrogens is 3. The number of H-pyrrole nitrogens is 2. The molecule has 0 fully saturated rings. The highest BCUT2D eigenvalue weighted by molar-refractivity contribution is 6.04. The predicted molar refractivity (Wildman–Crippen MR) is 121 cm³/mol. The third-order valence-corrected chi connectivity index (χ3v) is 5.97. The minimum Gasteiger partial charge on any atom is -0.383 e. The van der Waals surface area contributed by atoms with Crippen LogP contribution in [0.25, 0.3) is 10.9 Å². The molecule has 1 aromatic carbocycles. The van der Waals surface area contributed by atoms with Crippen molar-refractivity contribution in [3.05, 3.63) is 63.0 Å². The zero-order valence-electron chi connectivity index (χ0n) is 18.9. The maximum Gasteiger partial charge on any atom is 0.271 e. The molecule has 8 heteroatoms. The summed E-state index contributed by atoms with van der Waals surface area (Å²) < 4.78 is 5.20. The number of ether oxygens (including phenoxy) is 1. The van der Waals surface area contributed by atoms with Gasteiger partial charge >= 0.3 is 0 Å². The summed E-state index contributed by atoms with van der Waals surface area (Å²) in [5.41, 5.74) is 2.71. The van der Waals surface area contributed by atoms with Gasteiger partial charge in [0, 0.05) is 31.3 Å². The van der Waals surface area contributed by atoms with E-state index in [1.807, 2.05) is 13.0 Å². The Bertz CT molecular complexity index is 1250. The Morgan fingerprint density at radius 1 is 1.19 bits per heavy atom. The van der Waals surface area contributed by atoms with Crippen LogP contribution in [0, 0.1) is 12.3 Å². The van der Waals surface area contributed by atoms with Gasteiger partial charge in [0.05, 0.1) is 24.1 Å². The van der Waals surface area contributed by atoms with Gasteiger partial charge in [0.25, 0.3) is 11.5 Å². The lowest BCUT2D eigenvalue weighted by molar-refractivity contribution is 0.0669. The Labute approximate surface area is 186 Å². The van der Waals surface area contributed by atoms with Crippen LogP contribution in [0.2, 0.25) is 0 Å². The summed E-state index contributed by atoms with van der Waals surface area (Å²) >= 11 is 0. The van der Waals surface area contributed by atoms with E-state index in [1.165, 1.54) is 0 Å². The monoisotopic (exact) mass is 436 g/mol. The number of rotatable bonds is 6. The Morgan fingerprint density at radius 2 is 1.94 bits per heavy atom. The van der Waals surface area contributed by atoms with Crippen LogP contribution in [-0.2, 0) is 17.7 Å². The number of Topliss-reactive ketones (excluding diaryl/α,β-unsaturated/α-hetero) is 1. The molecule has 0 bridgehead atoms. The molecule has 0 atom stereocenters. The molecule has 1 aliphatic rings. The molecule has 0 spiro atoms. The van der Waals surface area contributed by atoms with Crippen LogP contribution in [-0.4, -0.2) is 51.8 Å². The summed E-state index contributed by atoms with van der Waals surface area (Å²) in [6, 6.07) is 7.08. The third kappa shape index (κ3) is 4.10. The number of methoxy groups -OCH3 is 1. The molecule has 0 saturated heterocycles. The zero-order chi connectivity index (χ0) is 23.0. The number of para-hydroxylation sites is 1. The van der Waals surface area contributed by atoms with E-state index >= 15 is 0 Å². The fourth-order valence-corrected chi connectivity index (χ4v) is 4.45. The first-order chi connectivity index (χ1) is 15.2. The highest BCUT2D eigenvalue weighted by Gasteiger charge is 2.36. The Hall–Kier alpha value is -3.26. The minimum atomic E-state index is -0.254. The van der Waals surface area contributed by atoms with Gasteiger partial charge in [0.15, 0.2) is 5.78 Å². The van der Waals surface area contributed by atoms with Crippen molar-refractivity contribution in [2.45, 2.75) is 40.2 Å². The SMILES string of the molecule is COCCN(Cc1nc2ccccc2c(=O)[nH]1)C(=O)c1[nH]c2c(c1C)C(=O)CC(C)(C)C2. The van der Waals surface area contributed by atoms with E-state index in [1.54, 1.807) is 30.2 Å². The number of aromatic amines is 2. The second-order valence-electron chi connectivity index (χ2n) is 9.17. The van der Waals surface area contributed by atoms with Crippen LogP contribution >= 0.6 is 0 Å². The van der Waals surface area contributed by atoms with E-state index in [4.69, 9.17) is 4.74 Å². The van der Waals surface area contributed by atoms with Gasteiger partial charge < -0.3 is 19.6 Å². The molecule has 1 aliphatic carbocycles. The molecular formula is C24H28N4O4. The van der Waals surface area contributed by atoms with Crippen LogP contribution in [0.5, 0.6) is 0 Å². The van der Waals surface area contributed by atoms with Gasteiger partial charge in [-0.15, -0.1) is 0 Å². The molecule has 0 radical (unpaired) electrons. The number of benzene rings is 1. The van der Waals surface area contributed by atoms with Crippen molar-refractivity contribution < 1.29 is 14.3 Å². The van der Waals surface area contributed by atoms with E-state index in [0.29, 0.717) is 59.5 Å². The number of carbonyl (C=O) groups excluding carboxylic acids is 2. The van der Waals surface area contributed by atoms with Gasteiger partial charge in [-0.25, -0.2) is 4.98 Å². The lowest BCUT2D eigenvalue weighted by Crippen LogP contribution is -2.35. The molecule has 3 aromatic rings. The summed E-state index contributed by atoms with van der Waals surface area (Å²) in [5, 5.41) is 0.500. The van der Waals surface area contributed by atoms with Crippen LogP contribution in [0.1, 0.15) is 58.2 Å². The normalized spacial score (nSPS) is 15.1. The van der Waals surface area contributed by atoms with Gasteiger partial charge in [-0.3, -0.25) is 14.4 Å². The molecular weight excluding hydrogens is 408 g/mol. The number of amides is 1. The average Bonchev–Trinajstić information content (AvgIpc) is 3.05. The van der Waals surface area contributed by atoms with E-state index in [-0.39, 0.29) is 29.2 Å². The maximum atomic E-state index is 13.5. The van der Waals surface area contributed by atoms with Crippen LogP contribution in [0.3, 0.4) is 0 Å². The molecule has 32 heavy (non-hydrogen) atoms. The second kappa shape index (κ2) is 8.35. The number of hydrogen-bond acceptors (Lipinski definition) is 5. The van der Waals surface area contributed by atoms with Crippen LogP contribution in [0.4, 0.5) is 0 Å². The Morgan fingerprint density at radius 3 is 2.69 bits per heavy atom. The smallest absolute Gasteiger partial charge is 0.271 e. The quantitative estimate of drug-likeness (QED) is 0.618. The fraction of sp³-hybridized carbons (Fsp3) is 0.417. The predicted octanol–water partition coefficient (Wildman–Crippen LogP) is 3.00. The van der Waals surface area contributed by atoms with Crippen molar-refractivity contribution in [3.63, 3.8) is 0 Å². The molecule has 168 valence electrons. The van der Waals surface area contributed by atoms with Gasteiger partial charge in [-0.2, -0.15) is 0 Å². The molecule has 2 N–H and O–H groups in total. The van der Waals surface area contributed by atoms with Crippen molar-refractivity contribution in [3.8, 4) is 0 Å². The summed E-state index contributed by atoms with van der Waals surface area (Å²) in [7, 11) is 1.57. The van der Waals surface area contributed by atoms with Crippen LogP contribution in [0.15, 0.2) is 29.1 Å². The van der Waals surface area contributed by atoms with Crippen molar-refractivity contribution >= 4 is 22.6 Å². The second-order valence-corrected chi connectivity index (χ2v) is 9.17. The number of ketones is 1. The highest BCUT2D eigenvalue weighted by atomic mass is 16.5. The molecule has 8 nitrogen and oxygen atoms in total. The number of fused-ring (bicyclic) bond motifs is 2. The average molecular weight is 437 g/mol. The van der Waals surface area contributed by atoms with Crippen molar-refractivity contribution in [2.24, 2.45) is 5.41 Å². The van der Waals surface area contributed by atoms with Gasteiger partial charge in [-0.05, 0) is 36.5 Å². The van der Waals surface area contributed by atoms with Crippen molar-refractivity contribution in [2.75, 3.05) is 20.3 Å². The molecule has 2 heterocycles. The zero-order valence-corrected chi connectivity index (χ0v) is 18.9. The minimum absolute atomic E-state index is 0.0630. The van der Waals surface area contributed by atoms with Crippen molar-refractivity contribution in [1.82, 2.24) is 19.9 Å². The first kappa shape index (κ1) is 22.0. The third-order valence-electron chi connectivity index (χ3n) is 5.97. The van der Waals surface area contributed by atoms with Gasteiger partial charge in [0.2, 0.25) is 0 Å². The summed E-state index contributed by atoms with van der Waals surface area (Å²) in [4.78, 5) is 50.8. The number of carbonyl (C=O) groups is 2. The Kier molecular flexibility index (Phi) is 5.73. The van der Waals surface area contributed by atoms with Crippen molar-refractivity contribution in [1.29, 1.82) is 0 Å². The lowest BCUT2D eigenvalue weighted by atomic mass is 9.75. The van der Waals surface area contributed by atoms with E-state index in [9.17, 15) is 14.4 Å². The first-order valence-corrected chi connectivity index (χ1v) is 10.7. The van der Waals surface area contributed by atoms with Gasteiger partial charge in [-0.1, -0.05) is 26.0 Å². The highest BCUT2D eigenvalue weighted by Crippen LogP contribution is 2.37. The molecule has 0 saturated carbocycles. The van der Waals surface area contributed by atoms with E-state index in [2.05, 4.69) is 28.8 Å². The molecule has 0 unspecified atom stereocenters. The first-order valence-electron chi connectivity index (χ1n) is 10.7. The fourth-order valence-electron chi connectivity index (χ4n) is 4.45. The van der Waals surface area contributed by atoms with E-state index in [0.717, 1.165) is 5.69 Å². The lowest BCUT2D eigenvalue weighted by Gasteiger charge is -2.28. The Balaban J connectivity index is 1.68. The summed E-state index contributed by atoms with van der Waals surface area (Å²) in [6.07, 6.45) is 1.17. The number of nitrogens with zero attached hydrogens (tertiary/aromatic N) is 2.